The first-order chi connectivity index (χ1) is 9.52. The number of H-pyrrole nitrogens is 2. The average Bonchev–Trinajstić information content (AvgIpc) is 2.93. The van der Waals surface area contributed by atoms with Crippen molar-refractivity contribution >= 4 is 11.2 Å². The molecule has 0 unspecified atom stereocenters. The molecule has 22 heavy (non-hydrogen) atoms. The number of rotatable bonds is 2. The topological polar surface area (TPSA) is 216 Å². The molecule has 0 bridgehead atoms. The van der Waals surface area contributed by atoms with Crippen LogP contribution in [-0.2, 0) is 4.74 Å². The molecule has 1 aliphatic rings. The van der Waals surface area contributed by atoms with Crippen molar-refractivity contribution in [2.24, 2.45) is 0 Å². The van der Waals surface area contributed by atoms with Crippen LogP contribution in [0, 0.1) is 0 Å². The molecular formula is C10H16N4O8. The third-order valence-corrected chi connectivity index (χ3v) is 3.26. The molecular weight excluding hydrogens is 304 g/mol. The summed E-state index contributed by atoms with van der Waals surface area (Å²) in [5, 5.41) is 28.7. The standard InChI is InChI=1S/C10H12N4O6.2H2O/c15-1-3-5(16)6(17)9(20-3)14-2-11-4-7(14)12-10(19)13-8(4)18;;/h2-3,5-6,9,15-17H,1H2,(H2,12,13,18,19);2*1H2/t3-,5-,6-,9-;;/m0../s1. The zero-order valence-electron chi connectivity index (χ0n) is 11.1. The fourth-order valence-corrected chi connectivity index (χ4v) is 2.25. The van der Waals surface area contributed by atoms with Crippen LogP contribution in [0.25, 0.3) is 11.2 Å². The molecule has 0 aliphatic carbocycles. The van der Waals surface area contributed by atoms with Gasteiger partial charge in [-0.3, -0.25) is 19.3 Å². The number of nitrogens with one attached hydrogen (secondary N) is 2. The first-order valence-electron chi connectivity index (χ1n) is 5.84. The van der Waals surface area contributed by atoms with Crippen molar-refractivity contribution in [2.75, 3.05) is 6.61 Å². The van der Waals surface area contributed by atoms with Crippen molar-refractivity contribution in [1.29, 1.82) is 0 Å². The summed E-state index contributed by atoms with van der Waals surface area (Å²) in [7, 11) is 0. The van der Waals surface area contributed by atoms with E-state index < -0.39 is 42.4 Å². The van der Waals surface area contributed by atoms with Crippen LogP contribution in [0.4, 0.5) is 0 Å². The second-order valence-corrected chi connectivity index (χ2v) is 4.49. The van der Waals surface area contributed by atoms with Crippen LogP contribution in [-0.4, -0.2) is 70.7 Å². The van der Waals surface area contributed by atoms with Gasteiger partial charge in [0.15, 0.2) is 11.7 Å². The van der Waals surface area contributed by atoms with E-state index in [1.54, 1.807) is 0 Å². The summed E-state index contributed by atoms with van der Waals surface area (Å²) in [6, 6.07) is 0. The highest BCUT2D eigenvalue weighted by atomic mass is 16.6. The highest BCUT2D eigenvalue weighted by Gasteiger charge is 2.43. The van der Waals surface area contributed by atoms with E-state index in [2.05, 4.69) is 9.97 Å². The van der Waals surface area contributed by atoms with Crippen LogP contribution in [0.3, 0.4) is 0 Å². The minimum absolute atomic E-state index is 0. The number of nitrogens with zero attached hydrogens (tertiary/aromatic N) is 2. The van der Waals surface area contributed by atoms with Crippen molar-refractivity contribution in [1.82, 2.24) is 19.5 Å². The first-order valence-corrected chi connectivity index (χ1v) is 5.84. The van der Waals surface area contributed by atoms with E-state index in [9.17, 15) is 19.8 Å². The molecule has 0 radical (unpaired) electrons. The number of aromatic amines is 2. The Balaban J connectivity index is 0.00000121. The van der Waals surface area contributed by atoms with E-state index in [-0.39, 0.29) is 22.1 Å². The molecule has 3 rings (SSSR count). The van der Waals surface area contributed by atoms with E-state index in [1.165, 1.54) is 10.9 Å². The highest BCUT2D eigenvalue weighted by Crippen LogP contribution is 2.30. The molecule has 3 heterocycles. The molecule has 4 atom stereocenters. The van der Waals surface area contributed by atoms with Crippen molar-refractivity contribution in [2.45, 2.75) is 24.5 Å². The highest BCUT2D eigenvalue weighted by molar-refractivity contribution is 5.68. The van der Waals surface area contributed by atoms with E-state index >= 15 is 0 Å². The molecule has 0 saturated carbocycles. The molecule has 1 saturated heterocycles. The molecule has 124 valence electrons. The molecule has 2 aromatic heterocycles. The number of imidazole rings is 1. The maximum absolute atomic E-state index is 11.6. The molecule has 0 spiro atoms. The van der Waals surface area contributed by atoms with Crippen LogP contribution in [0.2, 0.25) is 0 Å². The van der Waals surface area contributed by atoms with Gasteiger partial charge in [0.2, 0.25) is 0 Å². The summed E-state index contributed by atoms with van der Waals surface area (Å²) in [4.78, 5) is 31.1. The Labute approximate surface area is 121 Å². The fraction of sp³-hybridized carbons (Fsp3) is 0.500. The largest absolute Gasteiger partial charge is 0.412 e. The monoisotopic (exact) mass is 320 g/mol. The van der Waals surface area contributed by atoms with Gasteiger partial charge in [0.25, 0.3) is 5.56 Å². The van der Waals surface area contributed by atoms with Crippen LogP contribution in [0.15, 0.2) is 15.9 Å². The Kier molecular flexibility index (Phi) is 5.18. The van der Waals surface area contributed by atoms with Crippen LogP contribution < -0.4 is 11.2 Å². The number of ether oxygens (including phenoxy) is 1. The van der Waals surface area contributed by atoms with Crippen molar-refractivity contribution in [3.8, 4) is 0 Å². The van der Waals surface area contributed by atoms with Gasteiger partial charge in [0.05, 0.1) is 12.9 Å². The lowest BCUT2D eigenvalue weighted by Crippen LogP contribution is -2.33. The van der Waals surface area contributed by atoms with Crippen LogP contribution in [0.5, 0.6) is 0 Å². The van der Waals surface area contributed by atoms with Crippen molar-refractivity contribution in [3.63, 3.8) is 0 Å². The number of fused-ring (bicyclic) bond motifs is 1. The predicted molar refractivity (Wildman–Crippen MR) is 71.2 cm³/mol. The van der Waals surface area contributed by atoms with Gasteiger partial charge < -0.3 is 31.0 Å². The number of aromatic nitrogens is 4. The number of hydrogen-bond acceptors (Lipinski definition) is 7. The van der Waals surface area contributed by atoms with Gasteiger partial charge in [0, 0.05) is 0 Å². The minimum Gasteiger partial charge on any atom is -0.412 e. The van der Waals surface area contributed by atoms with Gasteiger partial charge in [-0.25, -0.2) is 9.78 Å². The number of aliphatic hydroxyl groups is 3. The normalized spacial score (nSPS) is 27.4. The molecule has 1 aliphatic heterocycles. The quantitative estimate of drug-likeness (QED) is 0.364. The first kappa shape index (κ1) is 18.0. The van der Waals surface area contributed by atoms with Gasteiger partial charge in [-0.15, -0.1) is 0 Å². The Morgan fingerprint density at radius 1 is 1.23 bits per heavy atom. The summed E-state index contributed by atoms with van der Waals surface area (Å²) in [5.74, 6) is 0. The van der Waals surface area contributed by atoms with E-state index in [0.29, 0.717) is 0 Å². The van der Waals surface area contributed by atoms with Gasteiger partial charge in [-0.1, -0.05) is 0 Å². The molecule has 1 fully saturated rings. The fourth-order valence-electron chi connectivity index (χ4n) is 2.25. The van der Waals surface area contributed by atoms with E-state index in [1.807, 2.05) is 4.98 Å². The zero-order valence-corrected chi connectivity index (χ0v) is 11.1. The molecule has 0 amide bonds. The second kappa shape index (κ2) is 6.35. The van der Waals surface area contributed by atoms with Gasteiger partial charge >= 0.3 is 5.69 Å². The SMILES string of the molecule is O.O.O=c1[nH]c(=O)c2ncn([C@H]3O[C@@H](CO)[C@H](O)[C@@H]3O)c2[nH]1. The lowest BCUT2D eigenvalue weighted by Gasteiger charge is -2.16. The van der Waals surface area contributed by atoms with Gasteiger partial charge in [0.1, 0.15) is 24.0 Å². The molecule has 12 nitrogen and oxygen atoms in total. The zero-order chi connectivity index (χ0) is 14.4. The Morgan fingerprint density at radius 2 is 1.91 bits per heavy atom. The summed E-state index contributed by atoms with van der Waals surface area (Å²) >= 11 is 0. The third kappa shape index (κ3) is 2.54. The molecule has 12 heteroatoms. The van der Waals surface area contributed by atoms with Crippen LogP contribution >= 0.6 is 0 Å². The lowest BCUT2D eigenvalue weighted by molar-refractivity contribution is -0.0511. The smallest absolute Gasteiger partial charge is 0.327 e. The minimum atomic E-state index is -1.33. The van der Waals surface area contributed by atoms with E-state index in [4.69, 9.17) is 9.84 Å². The molecule has 2 aromatic rings. The molecule has 9 N–H and O–H groups in total. The Hall–Kier alpha value is -2.09. The predicted octanol–water partition coefficient (Wildman–Crippen LogP) is -4.62. The van der Waals surface area contributed by atoms with Crippen molar-refractivity contribution in [3.05, 3.63) is 27.2 Å². The maximum atomic E-state index is 11.6. The number of aliphatic hydroxyl groups excluding tert-OH is 3. The summed E-state index contributed by atoms with van der Waals surface area (Å²) in [5.41, 5.74) is -1.36. The van der Waals surface area contributed by atoms with E-state index in [0.717, 1.165) is 0 Å². The average molecular weight is 320 g/mol. The van der Waals surface area contributed by atoms with Gasteiger partial charge in [-0.2, -0.15) is 0 Å². The third-order valence-electron chi connectivity index (χ3n) is 3.26. The Morgan fingerprint density at radius 3 is 2.50 bits per heavy atom. The van der Waals surface area contributed by atoms with Crippen molar-refractivity contribution < 1.29 is 31.0 Å². The summed E-state index contributed by atoms with van der Waals surface area (Å²) in [6.45, 7) is -0.474. The Bertz CT molecular complexity index is 751. The summed E-state index contributed by atoms with van der Waals surface area (Å²) < 4.78 is 6.54. The van der Waals surface area contributed by atoms with Crippen LogP contribution in [0.1, 0.15) is 6.23 Å². The summed E-state index contributed by atoms with van der Waals surface area (Å²) in [6.07, 6.45) is -3.43. The lowest BCUT2D eigenvalue weighted by atomic mass is 10.1. The van der Waals surface area contributed by atoms with Gasteiger partial charge in [-0.05, 0) is 0 Å². The number of hydrogen-bond donors (Lipinski definition) is 5. The molecule has 0 aromatic carbocycles. The maximum Gasteiger partial charge on any atom is 0.327 e. The second-order valence-electron chi connectivity index (χ2n) is 4.49.